The van der Waals surface area contributed by atoms with E-state index in [4.69, 9.17) is 9.15 Å². The van der Waals surface area contributed by atoms with E-state index in [2.05, 4.69) is 9.64 Å². The number of furan rings is 1. The monoisotopic (exact) mass is 452 g/mol. The molecule has 7 nitrogen and oxygen atoms in total. The van der Waals surface area contributed by atoms with Crippen molar-refractivity contribution in [3.63, 3.8) is 0 Å². The van der Waals surface area contributed by atoms with Gasteiger partial charge in [-0.3, -0.25) is 9.69 Å². The lowest BCUT2D eigenvalue weighted by Gasteiger charge is -2.34. The fourth-order valence-corrected chi connectivity index (χ4v) is 3.69. The zero-order valence-corrected chi connectivity index (χ0v) is 18.3. The number of hydrogen-bond acceptors (Lipinski definition) is 6. The number of methoxy groups -OCH3 is 1. The van der Waals surface area contributed by atoms with Crippen LogP contribution in [0.2, 0.25) is 0 Å². The van der Waals surface area contributed by atoms with Gasteiger partial charge in [-0.05, 0) is 54.1 Å². The van der Waals surface area contributed by atoms with Gasteiger partial charge in [0.15, 0.2) is 5.76 Å². The number of nitrogens with zero attached hydrogens (tertiary/aromatic N) is 2. The van der Waals surface area contributed by atoms with Crippen molar-refractivity contribution in [2.75, 3.05) is 33.3 Å². The van der Waals surface area contributed by atoms with Crippen LogP contribution in [-0.4, -0.2) is 55.0 Å². The Hall–Kier alpha value is -3.65. The van der Waals surface area contributed by atoms with Crippen LogP contribution in [-0.2, 0) is 17.9 Å². The van der Waals surface area contributed by atoms with E-state index in [1.807, 2.05) is 6.07 Å². The molecule has 0 spiro atoms. The second-order valence-corrected chi connectivity index (χ2v) is 7.77. The molecule has 4 rings (SSSR count). The normalized spacial score (nSPS) is 14.2. The highest BCUT2D eigenvalue weighted by molar-refractivity contribution is 5.91. The maximum atomic E-state index is 13.4. The molecular weight excluding hydrogens is 427 g/mol. The zero-order chi connectivity index (χ0) is 23.2. The van der Waals surface area contributed by atoms with Crippen LogP contribution in [0, 0.1) is 5.82 Å². The number of esters is 1. The first-order chi connectivity index (χ1) is 16.0. The largest absolute Gasteiger partial charge is 0.486 e. The van der Waals surface area contributed by atoms with Gasteiger partial charge in [0.1, 0.15) is 23.9 Å². The van der Waals surface area contributed by atoms with Crippen LogP contribution in [0.3, 0.4) is 0 Å². The van der Waals surface area contributed by atoms with Gasteiger partial charge < -0.3 is 18.8 Å². The Balaban J connectivity index is 1.26. The van der Waals surface area contributed by atoms with E-state index in [0.29, 0.717) is 49.8 Å². The van der Waals surface area contributed by atoms with Crippen molar-refractivity contribution in [3.05, 3.63) is 89.1 Å². The number of carbonyl (C=O) groups is 2. The minimum absolute atomic E-state index is 0.158. The van der Waals surface area contributed by atoms with Gasteiger partial charge in [-0.25, -0.2) is 9.18 Å². The fraction of sp³-hybridized carbons (Fsp3) is 0.280. The van der Waals surface area contributed by atoms with Gasteiger partial charge in [0, 0.05) is 32.7 Å². The van der Waals surface area contributed by atoms with Gasteiger partial charge in [-0.2, -0.15) is 0 Å². The van der Waals surface area contributed by atoms with Gasteiger partial charge in [0.2, 0.25) is 0 Å². The Morgan fingerprint density at radius 3 is 2.45 bits per heavy atom. The molecule has 1 saturated heterocycles. The van der Waals surface area contributed by atoms with Crippen LogP contribution in [0.5, 0.6) is 5.75 Å². The van der Waals surface area contributed by atoms with Crippen molar-refractivity contribution in [1.82, 2.24) is 9.80 Å². The molecule has 3 aromatic rings. The summed E-state index contributed by atoms with van der Waals surface area (Å²) in [7, 11) is 1.33. The third-order valence-electron chi connectivity index (χ3n) is 5.48. The molecule has 1 aromatic heterocycles. The highest BCUT2D eigenvalue weighted by Crippen LogP contribution is 2.18. The van der Waals surface area contributed by atoms with E-state index in [-0.39, 0.29) is 24.1 Å². The Labute approximate surface area is 191 Å². The van der Waals surface area contributed by atoms with E-state index in [1.54, 1.807) is 47.4 Å². The van der Waals surface area contributed by atoms with Crippen molar-refractivity contribution >= 4 is 11.9 Å². The summed E-state index contributed by atoms with van der Waals surface area (Å²) in [6.45, 7) is 3.39. The molecule has 0 saturated carbocycles. The number of rotatable bonds is 7. The molecule has 0 unspecified atom stereocenters. The Morgan fingerprint density at radius 1 is 1.00 bits per heavy atom. The second kappa shape index (κ2) is 10.3. The van der Waals surface area contributed by atoms with Crippen molar-refractivity contribution < 1.29 is 27.9 Å². The topological polar surface area (TPSA) is 72.2 Å². The number of halogens is 1. The molecule has 0 radical (unpaired) electrons. The first-order valence-electron chi connectivity index (χ1n) is 10.7. The second-order valence-electron chi connectivity index (χ2n) is 7.77. The molecule has 0 atom stereocenters. The number of benzene rings is 2. The van der Waals surface area contributed by atoms with Crippen LogP contribution < -0.4 is 4.74 Å². The Morgan fingerprint density at radius 2 is 1.76 bits per heavy atom. The summed E-state index contributed by atoms with van der Waals surface area (Å²) < 4.78 is 29.4. The summed E-state index contributed by atoms with van der Waals surface area (Å²) in [6, 6.07) is 16.5. The lowest BCUT2D eigenvalue weighted by Crippen LogP contribution is -2.48. The van der Waals surface area contributed by atoms with Crippen LogP contribution in [0.15, 0.2) is 65.1 Å². The van der Waals surface area contributed by atoms with E-state index < -0.39 is 5.97 Å². The number of piperazine rings is 1. The molecule has 172 valence electrons. The van der Waals surface area contributed by atoms with E-state index in [9.17, 15) is 14.0 Å². The molecule has 1 aliphatic heterocycles. The minimum Gasteiger partial charge on any atom is -0.486 e. The fourth-order valence-electron chi connectivity index (χ4n) is 3.69. The SMILES string of the molecule is COC(=O)c1ccc(OCc2ccc(C(=O)N3CCN(Cc4cccc(F)c4)CC3)o2)cc1. The zero-order valence-electron chi connectivity index (χ0n) is 18.3. The quantitative estimate of drug-likeness (QED) is 0.509. The first-order valence-corrected chi connectivity index (χ1v) is 10.7. The van der Waals surface area contributed by atoms with Crippen molar-refractivity contribution in [1.29, 1.82) is 0 Å². The average molecular weight is 452 g/mol. The molecule has 2 aromatic carbocycles. The molecule has 8 heteroatoms. The molecule has 1 amide bonds. The summed E-state index contributed by atoms with van der Waals surface area (Å²) in [5, 5.41) is 0. The third kappa shape index (κ3) is 5.78. The van der Waals surface area contributed by atoms with Crippen LogP contribution in [0.4, 0.5) is 4.39 Å². The number of ether oxygens (including phenoxy) is 2. The molecule has 2 heterocycles. The minimum atomic E-state index is -0.412. The van der Waals surface area contributed by atoms with Crippen molar-refractivity contribution in [2.24, 2.45) is 0 Å². The summed E-state index contributed by atoms with van der Waals surface area (Å²) in [5.74, 6) is 0.562. The highest BCUT2D eigenvalue weighted by atomic mass is 19.1. The Bertz CT molecular complexity index is 1100. The van der Waals surface area contributed by atoms with E-state index in [1.165, 1.54) is 19.2 Å². The predicted octanol–water partition coefficient (Wildman–Crippen LogP) is 3.74. The standard InChI is InChI=1S/C25H25FN2O5/c1-31-25(30)19-5-7-21(8-6-19)32-17-22-9-10-23(33-22)24(29)28-13-11-27(12-14-28)16-18-3-2-4-20(26)15-18/h2-10,15H,11-14,16-17H2,1H3. The highest BCUT2D eigenvalue weighted by Gasteiger charge is 2.24. The third-order valence-corrected chi connectivity index (χ3v) is 5.48. The van der Waals surface area contributed by atoms with Crippen molar-refractivity contribution in [2.45, 2.75) is 13.2 Å². The van der Waals surface area contributed by atoms with Crippen molar-refractivity contribution in [3.8, 4) is 5.75 Å². The molecule has 1 fully saturated rings. The summed E-state index contributed by atoms with van der Waals surface area (Å²) in [5.41, 5.74) is 1.36. The lowest BCUT2D eigenvalue weighted by molar-refractivity contribution is 0.0590. The summed E-state index contributed by atoms with van der Waals surface area (Å²) >= 11 is 0. The van der Waals surface area contributed by atoms with E-state index >= 15 is 0 Å². The van der Waals surface area contributed by atoms with Gasteiger partial charge in [-0.1, -0.05) is 12.1 Å². The van der Waals surface area contributed by atoms with Gasteiger partial charge in [0.05, 0.1) is 12.7 Å². The van der Waals surface area contributed by atoms with Crippen LogP contribution >= 0.6 is 0 Å². The lowest BCUT2D eigenvalue weighted by atomic mass is 10.2. The smallest absolute Gasteiger partial charge is 0.337 e. The molecule has 0 N–H and O–H groups in total. The number of hydrogen-bond donors (Lipinski definition) is 0. The average Bonchev–Trinajstić information content (AvgIpc) is 3.32. The molecule has 0 bridgehead atoms. The molecule has 1 aliphatic rings. The van der Waals surface area contributed by atoms with E-state index in [0.717, 1.165) is 5.56 Å². The summed E-state index contributed by atoms with van der Waals surface area (Å²) in [6.07, 6.45) is 0. The van der Waals surface area contributed by atoms with Gasteiger partial charge >= 0.3 is 5.97 Å². The first kappa shape index (κ1) is 22.5. The maximum Gasteiger partial charge on any atom is 0.337 e. The van der Waals surface area contributed by atoms with Crippen LogP contribution in [0.25, 0.3) is 0 Å². The molecule has 33 heavy (non-hydrogen) atoms. The predicted molar refractivity (Wildman–Crippen MR) is 118 cm³/mol. The molecular formula is C25H25FN2O5. The number of carbonyl (C=O) groups excluding carboxylic acids is 2. The summed E-state index contributed by atoms with van der Waals surface area (Å²) in [4.78, 5) is 28.3. The van der Waals surface area contributed by atoms with Gasteiger partial charge in [0.25, 0.3) is 5.91 Å². The van der Waals surface area contributed by atoms with Gasteiger partial charge in [-0.15, -0.1) is 0 Å². The Kier molecular flexibility index (Phi) is 7.04. The number of amides is 1. The molecule has 0 aliphatic carbocycles. The van der Waals surface area contributed by atoms with Crippen LogP contribution in [0.1, 0.15) is 32.2 Å². The maximum absolute atomic E-state index is 13.4.